The van der Waals surface area contributed by atoms with Crippen LogP contribution in [-0.4, -0.2) is 18.7 Å². The first-order valence-electron chi connectivity index (χ1n) is 7.96. The lowest BCUT2D eigenvalue weighted by Gasteiger charge is -2.09. The van der Waals surface area contributed by atoms with Gasteiger partial charge in [-0.25, -0.2) is 5.43 Å². The summed E-state index contributed by atoms with van der Waals surface area (Å²) in [6.45, 7) is 10.0. The van der Waals surface area contributed by atoms with Crippen molar-refractivity contribution < 1.29 is 9.53 Å². The van der Waals surface area contributed by atoms with Gasteiger partial charge < -0.3 is 4.74 Å². The molecule has 0 bridgehead atoms. The predicted molar refractivity (Wildman–Crippen MR) is 97.8 cm³/mol. The molecule has 1 N–H and O–H groups in total. The van der Waals surface area contributed by atoms with Gasteiger partial charge in [-0.3, -0.25) is 4.79 Å². The second-order valence-corrected chi connectivity index (χ2v) is 6.16. The van der Waals surface area contributed by atoms with Crippen molar-refractivity contribution in [2.24, 2.45) is 5.10 Å². The fourth-order valence-electron chi connectivity index (χ4n) is 2.60. The topological polar surface area (TPSA) is 50.7 Å². The van der Waals surface area contributed by atoms with Crippen LogP contribution in [-0.2, 0) is 4.79 Å². The van der Waals surface area contributed by atoms with Crippen LogP contribution in [0.1, 0.15) is 33.4 Å². The molecule has 4 heteroatoms. The Bertz CT molecular complexity index is 756. The molecule has 0 fully saturated rings. The number of aryl methyl sites for hydroxylation is 5. The van der Waals surface area contributed by atoms with Crippen molar-refractivity contribution >= 4 is 12.1 Å². The van der Waals surface area contributed by atoms with Crippen molar-refractivity contribution in [2.45, 2.75) is 34.6 Å². The van der Waals surface area contributed by atoms with E-state index in [2.05, 4.69) is 29.6 Å². The molecule has 0 saturated carbocycles. The highest BCUT2D eigenvalue weighted by Gasteiger charge is 2.05. The molecule has 2 rings (SSSR count). The minimum atomic E-state index is -0.283. The first-order valence-corrected chi connectivity index (χ1v) is 7.96. The van der Waals surface area contributed by atoms with Crippen molar-refractivity contribution in [3.05, 3.63) is 63.7 Å². The van der Waals surface area contributed by atoms with Crippen LogP contribution < -0.4 is 10.2 Å². The van der Waals surface area contributed by atoms with Crippen LogP contribution in [0, 0.1) is 34.6 Å². The minimum absolute atomic E-state index is 0.0620. The summed E-state index contributed by atoms with van der Waals surface area (Å²) in [6, 6.07) is 10.1. The van der Waals surface area contributed by atoms with Gasteiger partial charge >= 0.3 is 0 Å². The number of hydrogen-bond acceptors (Lipinski definition) is 3. The Kier molecular flexibility index (Phi) is 5.74. The maximum Gasteiger partial charge on any atom is 0.277 e. The lowest BCUT2D eigenvalue weighted by atomic mass is 10.0. The molecule has 0 aromatic heterocycles. The standard InChI is InChI=1S/C20H24N2O2/c1-13-6-7-15(3)19(10-13)24-12-20(23)22-21-11-18-16(4)8-14(2)9-17(18)5/h6-11H,12H2,1-5H3,(H,22,23). The van der Waals surface area contributed by atoms with Crippen molar-refractivity contribution in [1.82, 2.24) is 5.43 Å². The molecular formula is C20H24N2O2. The molecule has 0 saturated heterocycles. The highest BCUT2D eigenvalue weighted by Crippen LogP contribution is 2.18. The number of ether oxygens (including phenoxy) is 1. The third-order valence-electron chi connectivity index (χ3n) is 3.82. The molecule has 2 aromatic rings. The Morgan fingerprint density at radius 2 is 1.67 bits per heavy atom. The highest BCUT2D eigenvalue weighted by molar-refractivity contribution is 5.85. The van der Waals surface area contributed by atoms with Gasteiger partial charge in [0, 0.05) is 5.56 Å². The molecule has 0 unspecified atom stereocenters. The molecule has 4 nitrogen and oxygen atoms in total. The summed E-state index contributed by atoms with van der Waals surface area (Å²) < 4.78 is 5.56. The number of carbonyl (C=O) groups is 1. The molecule has 2 aromatic carbocycles. The van der Waals surface area contributed by atoms with Crippen LogP contribution in [0.3, 0.4) is 0 Å². The predicted octanol–water partition coefficient (Wildman–Crippen LogP) is 3.76. The zero-order chi connectivity index (χ0) is 17.7. The zero-order valence-electron chi connectivity index (χ0n) is 14.9. The lowest BCUT2D eigenvalue weighted by Crippen LogP contribution is -2.24. The quantitative estimate of drug-likeness (QED) is 0.672. The Morgan fingerprint density at radius 3 is 2.33 bits per heavy atom. The van der Waals surface area contributed by atoms with Crippen LogP contribution in [0.15, 0.2) is 35.4 Å². The molecule has 0 aliphatic rings. The van der Waals surface area contributed by atoms with E-state index in [0.717, 1.165) is 33.6 Å². The number of hydrogen-bond donors (Lipinski definition) is 1. The molecule has 0 radical (unpaired) electrons. The normalized spacial score (nSPS) is 10.9. The Labute approximate surface area is 143 Å². The molecule has 0 aliphatic heterocycles. The van der Waals surface area contributed by atoms with Crippen molar-refractivity contribution in [3.63, 3.8) is 0 Å². The van der Waals surface area contributed by atoms with E-state index < -0.39 is 0 Å². The summed E-state index contributed by atoms with van der Waals surface area (Å²) in [4.78, 5) is 11.9. The fraction of sp³-hybridized carbons (Fsp3) is 0.300. The molecule has 0 heterocycles. The van der Waals surface area contributed by atoms with E-state index in [1.54, 1.807) is 6.21 Å². The molecule has 126 valence electrons. The first kappa shape index (κ1) is 17.7. The monoisotopic (exact) mass is 324 g/mol. The average Bonchev–Trinajstić information content (AvgIpc) is 2.50. The summed E-state index contributed by atoms with van der Waals surface area (Å²) in [6.07, 6.45) is 1.68. The summed E-state index contributed by atoms with van der Waals surface area (Å²) in [5, 5.41) is 4.04. The van der Waals surface area contributed by atoms with Gasteiger partial charge in [0.2, 0.25) is 0 Å². The van der Waals surface area contributed by atoms with Gasteiger partial charge in [0.15, 0.2) is 6.61 Å². The molecule has 0 aliphatic carbocycles. The van der Waals surface area contributed by atoms with Gasteiger partial charge in [0.1, 0.15) is 5.75 Å². The van der Waals surface area contributed by atoms with Gasteiger partial charge in [0.05, 0.1) is 6.21 Å². The molecule has 24 heavy (non-hydrogen) atoms. The summed E-state index contributed by atoms with van der Waals surface area (Å²) in [5.41, 5.74) is 9.12. The Balaban J connectivity index is 1.93. The van der Waals surface area contributed by atoms with Gasteiger partial charge in [-0.05, 0) is 62.9 Å². The van der Waals surface area contributed by atoms with E-state index in [1.165, 1.54) is 5.56 Å². The Hall–Kier alpha value is -2.62. The van der Waals surface area contributed by atoms with E-state index in [4.69, 9.17) is 4.74 Å². The van der Waals surface area contributed by atoms with Crippen molar-refractivity contribution in [3.8, 4) is 5.75 Å². The Morgan fingerprint density at radius 1 is 1.00 bits per heavy atom. The van der Waals surface area contributed by atoms with Gasteiger partial charge in [-0.2, -0.15) is 5.10 Å². The largest absolute Gasteiger partial charge is 0.483 e. The third-order valence-corrected chi connectivity index (χ3v) is 3.82. The number of amides is 1. The SMILES string of the molecule is Cc1cc(C)c(C=NNC(=O)COc2cc(C)ccc2C)c(C)c1. The first-order chi connectivity index (χ1) is 11.4. The van der Waals surface area contributed by atoms with Crippen molar-refractivity contribution in [1.29, 1.82) is 0 Å². The second-order valence-electron chi connectivity index (χ2n) is 6.16. The van der Waals surface area contributed by atoms with Crippen LogP contribution in [0.2, 0.25) is 0 Å². The van der Waals surface area contributed by atoms with Crippen LogP contribution >= 0.6 is 0 Å². The number of nitrogens with one attached hydrogen (secondary N) is 1. The lowest BCUT2D eigenvalue weighted by molar-refractivity contribution is -0.123. The van der Waals surface area contributed by atoms with Gasteiger partial charge in [-0.15, -0.1) is 0 Å². The van der Waals surface area contributed by atoms with Crippen LogP contribution in [0.25, 0.3) is 0 Å². The molecular weight excluding hydrogens is 300 g/mol. The highest BCUT2D eigenvalue weighted by atomic mass is 16.5. The van der Waals surface area contributed by atoms with Gasteiger partial charge in [0.25, 0.3) is 5.91 Å². The van der Waals surface area contributed by atoms with E-state index in [1.807, 2.05) is 45.9 Å². The third kappa shape index (κ3) is 4.69. The van der Waals surface area contributed by atoms with Crippen molar-refractivity contribution in [2.75, 3.05) is 6.61 Å². The maximum absolute atomic E-state index is 11.9. The maximum atomic E-state index is 11.9. The van der Waals surface area contributed by atoms with Gasteiger partial charge in [-0.1, -0.05) is 29.8 Å². The van der Waals surface area contributed by atoms with Crippen LogP contribution in [0.4, 0.5) is 0 Å². The second kappa shape index (κ2) is 7.77. The van der Waals surface area contributed by atoms with E-state index in [9.17, 15) is 4.79 Å². The van der Waals surface area contributed by atoms with Crippen LogP contribution in [0.5, 0.6) is 5.75 Å². The average molecular weight is 324 g/mol. The molecule has 0 spiro atoms. The molecule has 1 amide bonds. The van der Waals surface area contributed by atoms with E-state index in [0.29, 0.717) is 0 Å². The number of benzene rings is 2. The number of rotatable bonds is 5. The van der Waals surface area contributed by atoms with E-state index in [-0.39, 0.29) is 12.5 Å². The molecule has 0 atom stereocenters. The summed E-state index contributed by atoms with van der Waals surface area (Å²) in [5.74, 6) is 0.439. The zero-order valence-corrected chi connectivity index (χ0v) is 14.9. The number of hydrazone groups is 1. The fourth-order valence-corrected chi connectivity index (χ4v) is 2.60. The smallest absolute Gasteiger partial charge is 0.277 e. The summed E-state index contributed by atoms with van der Waals surface area (Å²) in [7, 11) is 0. The minimum Gasteiger partial charge on any atom is -0.483 e. The number of carbonyl (C=O) groups excluding carboxylic acids is 1. The van der Waals surface area contributed by atoms with E-state index >= 15 is 0 Å². The number of nitrogens with zero attached hydrogens (tertiary/aromatic N) is 1. The summed E-state index contributed by atoms with van der Waals surface area (Å²) >= 11 is 0.